The number of amidine groups is 1. The molecule has 20 heavy (non-hydrogen) atoms. The monoisotopic (exact) mass is 282 g/mol. The van der Waals surface area contributed by atoms with Crippen LogP contribution in [0.4, 0.5) is 14.9 Å². The van der Waals surface area contributed by atoms with Gasteiger partial charge in [0.1, 0.15) is 11.9 Å². The number of nitrogens with zero attached hydrogens (tertiary/aromatic N) is 2. The Balaban J connectivity index is 2.01. The Morgan fingerprint density at radius 2 is 2.30 bits per heavy atom. The summed E-state index contributed by atoms with van der Waals surface area (Å²) in [6.07, 6.45) is -0.667. The number of benzene rings is 1. The van der Waals surface area contributed by atoms with Crippen LogP contribution < -0.4 is 11.1 Å². The lowest BCUT2D eigenvalue weighted by Crippen LogP contribution is -2.51. The summed E-state index contributed by atoms with van der Waals surface area (Å²) < 4.78 is 18.7. The third-order valence-electron chi connectivity index (χ3n) is 2.91. The summed E-state index contributed by atoms with van der Waals surface area (Å²) in [7, 11) is 0. The number of hydrogen-bond donors (Lipinski definition) is 3. The Bertz CT molecular complexity index is 523. The topological polar surface area (TPSA) is 100 Å². The van der Waals surface area contributed by atoms with Gasteiger partial charge in [-0.3, -0.25) is 0 Å². The van der Waals surface area contributed by atoms with E-state index in [0.717, 1.165) is 0 Å². The number of morpholine rings is 1. The maximum Gasteiger partial charge on any atom is 0.322 e. The first-order valence-corrected chi connectivity index (χ1v) is 6.01. The molecule has 1 atom stereocenters. The Labute approximate surface area is 114 Å². The first-order chi connectivity index (χ1) is 9.61. The van der Waals surface area contributed by atoms with Crippen molar-refractivity contribution in [2.24, 2.45) is 10.9 Å². The minimum atomic E-state index is -0.667. The molecule has 7 nitrogen and oxygen atoms in total. The molecule has 0 spiro atoms. The van der Waals surface area contributed by atoms with Crippen molar-refractivity contribution >= 4 is 17.6 Å². The third kappa shape index (κ3) is 3.15. The number of hydrogen-bond acceptors (Lipinski definition) is 4. The number of amides is 2. The van der Waals surface area contributed by atoms with Gasteiger partial charge in [0.2, 0.25) is 0 Å². The Morgan fingerprint density at radius 1 is 1.55 bits per heavy atom. The highest BCUT2D eigenvalue weighted by atomic mass is 19.1. The minimum absolute atomic E-state index is 0.101. The van der Waals surface area contributed by atoms with Gasteiger partial charge in [-0.15, -0.1) is 0 Å². The molecule has 0 aliphatic carbocycles. The van der Waals surface area contributed by atoms with E-state index in [2.05, 4.69) is 10.5 Å². The molecule has 1 aromatic rings. The Kier molecular flexibility index (Phi) is 4.36. The summed E-state index contributed by atoms with van der Waals surface area (Å²) in [6, 6.07) is 5.42. The normalized spacial score (nSPS) is 19.8. The number of carbonyl (C=O) groups is 1. The summed E-state index contributed by atoms with van der Waals surface area (Å²) in [5.74, 6) is -0.615. The van der Waals surface area contributed by atoms with E-state index in [1.807, 2.05) is 0 Å². The highest BCUT2D eigenvalue weighted by Gasteiger charge is 2.27. The van der Waals surface area contributed by atoms with Gasteiger partial charge in [-0.1, -0.05) is 17.3 Å². The number of oxime groups is 1. The van der Waals surface area contributed by atoms with Crippen molar-refractivity contribution < 1.29 is 19.1 Å². The lowest BCUT2D eigenvalue weighted by Gasteiger charge is -2.32. The van der Waals surface area contributed by atoms with E-state index >= 15 is 0 Å². The quantitative estimate of drug-likeness (QED) is 0.323. The van der Waals surface area contributed by atoms with Crippen LogP contribution in [-0.2, 0) is 4.74 Å². The minimum Gasteiger partial charge on any atom is -0.409 e. The highest BCUT2D eigenvalue weighted by Crippen LogP contribution is 2.14. The number of para-hydroxylation sites is 1. The SMILES string of the molecule is NC(=NO)C1CN(C(=O)Nc2ccccc2F)CCO1. The second kappa shape index (κ2) is 6.20. The fraction of sp³-hybridized carbons (Fsp3) is 0.333. The molecule has 2 rings (SSSR count). The molecule has 0 aromatic heterocycles. The smallest absolute Gasteiger partial charge is 0.322 e. The van der Waals surface area contributed by atoms with Crippen LogP contribution in [0.3, 0.4) is 0 Å². The lowest BCUT2D eigenvalue weighted by molar-refractivity contribution is 0.0223. The zero-order valence-corrected chi connectivity index (χ0v) is 10.6. The van der Waals surface area contributed by atoms with Crippen LogP contribution in [0.25, 0.3) is 0 Å². The highest BCUT2D eigenvalue weighted by molar-refractivity contribution is 5.91. The fourth-order valence-corrected chi connectivity index (χ4v) is 1.83. The van der Waals surface area contributed by atoms with Crippen LogP contribution in [0.1, 0.15) is 0 Å². The molecule has 1 aromatic carbocycles. The van der Waals surface area contributed by atoms with E-state index in [-0.39, 0.29) is 24.7 Å². The molecule has 1 unspecified atom stereocenters. The molecule has 4 N–H and O–H groups in total. The number of nitrogens with one attached hydrogen (secondary N) is 1. The number of ether oxygens (including phenoxy) is 1. The zero-order chi connectivity index (χ0) is 14.5. The molecule has 1 saturated heterocycles. The van der Waals surface area contributed by atoms with E-state index in [4.69, 9.17) is 15.7 Å². The number of nitrogens with two attached hydrogens (primary N) is 1. The van der Waals surface area contributed by atoms with Gasteiger partial charge in [-0.25, -0.2) is 9.18 Å². The zero-order valence-electron chi connectivity index (χ0n) is 10.6. The molecule has 108 valence electrons. The summed E-state index contributed by atoms with van der Waals surface area (Å²) in [5.41, 5.74) is 5.54. The van der Waals surface area contributed by atoms with Crippen LogP contribution in [0.2, 0.25) is 0 Å². The van der Waals surface area contributed by atoms with Crippen molar-refractivity contribution in [3.05, 3.63) is 30.1 Å². The summed E-state index contributed by atoms with van der Waals surface area (Å²) in [6.45, 7) is 0.733. The summed E-state index contributed by atoms with van der Waals surface area (Å²) in [5, 5.41) is 13.9. The maximum atomic E-state index is 13.4. The first-order valence-electron chi connectivity index (χ1n) is 6.01. The number of anilines is 1. The standard InChI is InChI=1S/C12H15FN4O3/c13-8-3-1-2-4-9(8)15-12(18)17-5-6-20-10(7-17)11(14)16-19/h1-4,10,19H,5-7H2,(H2,14,16)(H,15,18). The second-order valence-corrected chi connectivity index (χ2v) is 4.24. The average Bonchev–Trinajstić information content (AvgIpc) is 2.49. The molecule has 2 amide bonds. The van der Waals surface area contributed by atoms with Crippen LogP contribution in [0.15, 0.2) is 29.4 Å². The van der Waals surface area contributed by atoms with E-state index in [0.29, 0.717) is 6.54 Å². The molecule has 0 bridgehead atoms. The van der Waals surface area contributed by atoms with Crippen molar-refractivity contribution in [1.29, 1.82) is 0 Å². The molecule has 1 aliphatic heterocycles. The van der Waals surface area contributed by atoms with Gasteiger partial charge in [0.15, 0.2) is 5.84 Å². The van der Waals surface area contributed by atoms with Gasteiger partial charge in [-0.05, 0) is 12.1 Å². The predicted octanol–water partition coefficient (Wildman–Crippen LogP) is 0.805. The van der Waals surface area contributed by atoms with Gasteiger partial charge in [0.05, 0.1) is 18.8 Å². The number of rotatable bonds is 2. The van der Waals surface area contributed by atoms with Crippen LogP contribution in [-0.4, -0.2) is 47.8 Å². The fourth-order valence-electron chi connectivity index (χ4n) is 1.83. The molecular formula is C12H15FN4O3. The molecule has 1 heterocycles. The lowest BCUT2D eigenvalue weighted by atomic mass is 10.2. The van der Waals surface area contributed by atoms with Crippen molar-refractivity contribution in [1.82, 2.24) is 4.90 Å². The van der Waals surface area contributed by atoms with Crippen molar-refractivity contribution in [2.45, 2.75) is 6.10 Å². The van der Waals surface area contributed by atoms with Crippen molar-refractivity contribution in [3.63, 3.8) is 0 Å². The van der Waals surface area contributed by atoms with Crippen LogP contribution in [0, 0.1) is 5.82 Å². The van der Waals surface area contributed by atoms with E-state index < -0.39 is 18.0 Å². The molecular weight excluding hydrogens is 267 g/mol. The van der Waals surface area contributed by atoms with Crippen LogP contribution >= 0.6 is 0 Å². The van der Waals surface area contributed by atoms with Gasteiger partial charge in [0.25, 0.3) is 0 Å². The van der Waals surface area contributed by atoms with Crippen molar-refractivity contribution in [3.8, 4) is 0 Å². The van der Waals surface area contributed by atoms with Crippen molar-refractivity contribution in [2.75, 3.05) is 25.0 Å². The first kappa shape index (κ1) is 14.1. The van der Waals surface area contributed by atoms with Gasteiger partial charge >= 0.3 is 6.03 Å². The molecule has 0 saturated carbocycles. The van der Waals surface area contributed by atoms with E-state index in [9.17, 15) is 9.18 Å². The Morgan fingerprint density at radius 3 is 3.00 bits per heavy atom. The average molecular weight is 282 g/mol. The third-order valence-corrected chi connectivity index (χ3v) is 2.91. The van der Waals surface area contributed by atoms with Crippen LogP contribution in [0.5, 0.6) is 0 Å². The van der Waals surface area contributed by atoms with Gasteiger partial charge < -0.3 is 25.9 Å². The maximum absolute atomic E-state index is 13.4. The van der Waals surface area contributed by atoms with E-state index in [1.165, 1.54) is 23.1 Å². The molecule has 1 fully saturated rings. The largest absolute Gasteiger partial charge is 0.409 e. The van der Waals surface area contributed by atoms with Gasteiger partial charge in [0, 0.05) is 6.54 Å². The van der Waals surface area contributed by atoms with E-state index in [1.54, 1.807) is 6.07 Å². The molecule has 1 aliphatic rings. The number of carbonyl (C=O) groups excluding carboxylic acids is 1. The number of urea groups is 1. The van der Waals surface area contributed by atoms with Gasteiger partial charge in [-0.2, -0.15) is 0 Å². The summed E-state index contributed by atoms with van der Waals surface area (Å²) in [4.78, 5) is 13.4. The molecule has 8 heteroatoms. The predicted molar refractivity (Wildman–Crippen MR) is 70.1 cm³/mol. The summed E-state index contributed by atoms with van der Waals surface area (Å²) >= 11 is 0. The molecule has 0 radical (unpaired) electrons. The second-order valence-electron chi connectivity index (χ2n) is 4.24. The Hall–Kier alpha value is -2.35. The number of halogens is 1.